The van der Waals surface area contributed by atoms with Crippen LogP contribution in [-0.4, -0.2) is 24.9 Å². The number of carbonyl (C=O) groups is 2. The number of aryl methyl sites for hydroxylation is 1. The Hall–Kier alpha value is -1.06. The van der Waals surface area contributed by atoms with Gasteiger partial charge in [-0.2, -0.15) is 0 Å². The van der Waals surface area contributed by atoms with E-state index in [4.69, 9.17) is 0 Å². The van der Waals surface area contributed by atoms with Crippen LogP contribution in [0.3, 0.4) is 0 Å². The van der Waals surface area contributed by atoms with E-state index >= 15 is 0 Å². The first-order valence-corrected chi connectivity index (χ1v) is 11.4. The molecule has 0 radical (unpaired) electrons. The molecule has 0 saturated heterocycles. The number of fused-ring (bicyclic) bond motifs is 1. The van der Waals surface area contributed by atoms with Crippen molar-refractivity contribution in [3.63, 3.8) is 0 Å². The number of carbonyl (C=O) groups excluding carboxylic acids is 2. The third kappa shape index (κ3) is 6.45. The van der Waals surface area contributed by atoms with Crippen molar-refractivity contribution in [1.82, 2.24) is 15.4 Å². The van der Waals surface area contributed by atoms with Crippen LogP contribution in [0, 0.1) is 0 Å². The van der Waals surface area contributed by atoms with Crippen molar-refractivity contribution in [2.24, 2.45) is 0 Å². The molecule has 24 heavy (non-hydrogen) atoms. The maximum atomic E-state index is 11.9. The van der Waals surface area contributed by atoms with E-state index in [0.717, 1.165) is 18.4 Å². The molecule has 130 valence electrons. The summed E-state index contributed by atoms with van der Waals surface area (Å²) in [6.07, 6.45) is 7.17. The minimum absolute atomic E-state index is 0.0389. The van der Waals surface area contributed by atoms with Crippen LogP contribution in [0.4, 0.5) is 0 Å². The first kappa shape index (κ1) is 19.3. The van der Waals surface area contributed by atoms with E-state index in [0.29, 0.717) is 32.5 Å². The highest BCUT2D eigenvalue weighted by molar-refractivity contribution is 14.2. The highest BCUT2D eigenvalue weighted by Gasteiger charge is 2.10. The Morgan fingerprint density at radius 3 is 2.75 bits per heavy atom. The monoisotopic (exact) mass is 459 g/mol. The van der Waals surface area contributed by atoms with Gasteiger partial charge in [-0.05, 0) is 38.7 Å². The molecule has 2 rings (SSSR count). The molecule has 0 saturated carbocycles. The van der Waals surface area contributed by atoms with Crippen LogP contribution >= 0.6 is 30.3 Å². The summed E-state index contributed by atoms with van der Waals surface area (Å²) in [7, 11) is 1.46. The molecule has 1 aromatic carbocycles. The largest absolute Gasteiger partial charge is 0.356 e. The zero-order valence-corrected chi connectivity index (χ0v) is 16.4. The fraction of sp³-hybridized carbons (Fsp3) is 0.412. The normalized spacial score (nSPS) is 12.5. The fourth-order valence-electron chi connectivity index (χ4n) is 2.58. The van der Waals surface area contributed by atoms with Crippen LogP contribution in [0.1, 0.15) is 36.0 Å². The highest BCUT2D eigenvalue weighted by Crippen LogP contribution is 2.22. The number of amides is 2. The highest BCUT2D eigenvalue weighted by atomic mass is 127. The zero-order valence-electron chi connectivity index (χ0n) is 13.4. The molecule has 0 fully saturated rings. The molecule has 5 nitrogen and oxygen atoms in total. The molecule has 1 aromatic rings. The molecular weight excluding hydrogens is 437 g/mol. The maximum Gasteiger partial charge on any atom is 0.222 e. The Morgan fingerprint density at radius 2 is 1.92 bits per heavy atom. The fourth-order valence-corrected chi connectivity index (χ4v) is 3.42. The van der Waals surface area contributed by atoms with E-state index in [1.807, 2.05) is 6.07 Å². The number of hydrogen-bond donors (Lipinski definition) is 3. The standard InChI is InChI=1S/C17H22IN3O2S/c18-24-21-11-9-16(22)19-10-8-17(23)20-12-14-6-3-5-13-4-1-2-7-15(13)14/h2-3,5-7,21H,1,4,8-12H2,(H,19,22)(H,20,23). The zero-order chi connectivity index (χ0) is 17.2. The van der Waals surface area contributed by atoms with Crippen LogP contribution in [0.15, 0.2) is 24.3 Å². The summed E-state index contributed by atoms with van der Waals surface area (Å²) in [5.41, 5.74) is 3.72. The Labute approximate surface area is 159 Å². The molecule has 1 aliphatic rings. The minimum atomic E-state index is -0.0476. The molecule has 0 unspecified atom stereocenters. The summed E-state index contributed by atoms with van der Waals surface area (Å²) in [6.45, 7) is 1.52. The summed E-state index contributed by atoms with van der Waals surface area (Å²) in [5, 5.41) is 5.69. The Kier molecular flexibility index (Phi) is 8.62. The van der Waals surface area contributed by atoms with Crippen LogP contribution in [0.25, 0.3) is 6.08 Å². The van der Waals surface area contributed by atoms with Gasteiger partial charge in [0.25, 0.3) is 0 Å². The lowest BCUT2D eigenvalue weighted by atomic mass is 9.93. The number of allylic oxidation sites excluding steroid dienone is 1. The second kappa shape index (κ2) is 10.7. The number of rotatable bonds is 9. The number of benzene rings is 1. The van der Waals surface area contributed by atoms with E-state index in [1.165, 1.54) is 20.2 Å². The quantitative estimate of drug-likeness (QED) is 0.302. The van der Waals surface area contributed by atoms with Crippen molar-refractivity contribution in [3.05, 3.63) is 41.0 Å². The van der Waals surface area contributed by atoms with Crippen molar-refractivity contribution >= 4 is 48.2 Å². The molecule has 7 heteroatoms. The van der Waals surface area contributed by atoms with Gasteiger partial charge in [-0.25, -0.2) is 0 Å². The average Bonchev–Trinajstić information content (AvgIpc) is 2.60. The molecule has 0 aliphatic heterocycles. The summed E-state index contributed by atoms with van der Waals surface area (Å²) in [5.74, 6) is -0.0864. The van der Waals surface area contributed by atoms with Gasteiger partial charge in [-0.15, -0.1) is 0 Å². The Balaban J connectivity index is 1.69. The van der Waals surface area contributed by atoms with E-state index in [9.17, 15) is 9.59 Å². The molecule has 0 heterocycles. The van der Waals surface area contributed by atoms with Gasteiger partial charge in [0.1, 0.15) is 0 Å². The molecule has 0 bridgehead atoms. The van der Waals surface area contributed by atoms with E-state index in [1.54, 1.807) is 0 Å². The van der Waals surface area contributed by atoms with Crippen LogP contribution < -0.4 is 15.4 Å². The third-order valence-corrected chi connectivity index (χ3v) is 5.06. The van der Waals surface area contributed by atoms with Gasteiger partial charge < -0.3 is 10.6 Å². The average molecular weight is 459 g/mol. The number of nitrogens with one attached hydrogen (secondary N) is 3. The van der Waals surface area contributed by atoms with Gasteiger partial charge in [0.15, 0.2) is 0 Å². The van der Waals surface area contributed by atoms with Crippen molar-refractivity contribution in [2.45, 2.75) is 32.2 Å². The second-order valence-corrected chi connectivity index (χ2v) is 7.29. The van der Waals surface area contributed by atoms with E-state index < -0.39 is 0 Å². The van der Waals surface area contributed by atoms with Gasteiger partial charge in [-0.3, -0.25) is 14.3 Å². The molecule has 0 atom stereocenters. The SMILES string of the molecule is O=C(CCNSI)NCCC(=O)NCc1cccc2c1C=CCC2. The van der Waals surface area contributed by atoms with Gasteiger partial charge in [0, 0.05) is 53.7 Å². The number of halogens is 1. The van der Waals surface area contributed by atoms with Gasteiger partial charge >= 0.3 is 0 Å². The predicted octanol–water partition coefficient (Wildman–Crippen LogP) is 2.75. The molecule has 0 aromatic heterocycles. The van der Waals surface area contributed by atoms with Crippen molar-refractivity contribution in [1.29, 1.82) is 0 Å². The lowest BCUT2D eigenvalue weighted by Crippen LogP contribution is -2.31. The first-order valence-electron chi connectivity index (χ1n) is 8.02. The molecular formula is C17H22IN3O2S. The second-order valence-electron chi connectivity index (χ2n) is 5.53. The first-order chi connectivity index (χ1) is 11.7. The van der Waals surface area contributed by atoms with Gasteiger partial charge in [0.2, 0.25) is 11.8 Å². The molecule has 0 spiro atoms. The Bertz CT molecular complexity index is 607. The lowest BCUT2D eigenvalue weighted by Gasteiger charge is -2.15. The maximum absolute atomic E-state index is 11.9. The molecule has 2 amide bonds. The molecule has 3 N–H and O–H groups in total. The van der Waals surface area contributed by atoms with E-state index in [2.05, 4.69) is 60.8 Å². The summed E-state index contributed by atoms with van der Waals surface area (Å²) >= 11 is 2.12. The number of hydrogen-bond acceptors (Lipinski definition) is 4. The smallest absolute Gasteiger partial charge is 0.222 e. The van der Waals surface area contributed by atoms with E-state index in [-0.39, 0.29) is 11.8 Å². The van der Waals surface area contributed by atoms with Gasteiger partial charge in [-0.1, -0.05) is 30.4 Å². The van der Waals surface area contributed by atoms with Gasteiger partial charge in [0.05, 0.1) is 0 Å². The summed E-state index contributed by atoms with van der Waals surface area (Å²) < 4.78 is 3.00. The van der Waals surface area contributed by atoms with Crippen molar-refractivity contribution in [2.75, 3.05) is 13.1 Å². The topological polar surface area (TPSA) is 70.2 Å². The van der Waals surface area contributed by atoms with Crippen molar-refractivity contribution in [3.8, 4) is 0 Å². The predicted molar refractivity (Wildman–Crippen MR) is 108 cm³/mol. The van der Waals surface area contributed by atoms with Crippen LogP contribution in [0.5, 0.6) is 0 Å². The molecule has 1 aliphatic carbocycles. The summed E-state index contributed by atoms with van der Waals surface area (Å²) in [6, 6.07) is 6.24. The van der Waals surface area contributed by atoms with Crippen LogP contribution in [-0.2, 0) is 22.6 Å². The lowest BCUT2D eigenvalue weighted by molar-refractivity contribution is -0.122. The minimum Gasteiger partial charge on any atom is -0.356 e. The van der Waals surface area contributed by atoms with Crippen molar-refractivity contribution < 1.29 is 9.59 Å². The Morgan fingerprint density at radius 1 is 1.12 bits per heavy atom. The third-order valence-electron chi connectivity index (χ3n) is 3.81. The van der Waals surface area contributed by atoms with Crippen LogP contribution in [0.2, 0.25) is 0 Å². The summed E-state index contributed by atoms with van der Waals surface area (Å²) in [4.78, 5) is 23.5.